The van der Waals surface area contributed by atoms with Crippen molar-refractivity contribution in [1.29, 1.82) is 0 Å². The first-order valence-corrected chi connectivity index (χ1v) is 7.84. The number of halogens is 3. The predicted molar refractivity (Wildman–Crippen MR) is 85.2 cm³/mol. The highest BCUT2D eigenvalue weighted by Crippen LogP contribution is 2.31. The molecular weight excluding hydrogens is 383 g/mol. The molecule has 1 atom stereocenters. The highest BCUT2D eigenvalue weighted by Gasteiger charge is 2.41. The molecule has 1 rings (SSSR count). The molecule has 0 amide bonds. The summed E-state index contributed by atoms with van der Waals surface area (Å²) in [5.41, 5.74) is -1.33. The van der Waals surface area contributed by atoms with Gasteiger partial charge in [-0.15, -0.1) is 0 Å². The van der Waals surface area contributed by atoms with Crippen LogP contribution in [-0.2, 0) is 14.3 Å². The fourth-order valence-corrected chi connectivity index (χ4v) is 2.66. The molecular formula is C14H15BrCl2O4. The van der Waals surface area contributed by atoms with Crippen LogP contribution in [0, 0.1) is 5.41 Å². The van der Waals surface area contributed by atoms with Gasteiger partial charge in [-0.2, -0.15) is 0 Å². The number of benzene rings is 1. The van der Waals surface area contributed by atoms with Crippen LogP contribution in [0.5, 0.6) is 5.75 Å². The molecule has 0 aromatic heterocycles. The van der Waals surface area contributed by atoms with Crippen LogP contribution in [0.25, 0.3) is 0 Å². The minimum Gasteiger partial charge on any atom is -0.470 e. The fourth-order valence-electron chi connectivity index (χ4n) is 1.43. The lowest BCUT2D eigenvalue weighted by atomic mass is 9.88. The smallest absolute Gasteiger partial charge is 0.319 e. The maximum Gasteiger partial charge on any atom is 0.319 e. The van der Waals surface area contributed by atoms with Gasteiger partial charge < -0.3 is 9.47 Å². The van der Waals surface area contributed by atoms with Crippen LogP contribution in [0.1, 0.15) is 20.8 Å². The van der Waals surface area contributed by atoms with E-state index in [-0.39, 0.29) is 17.4 Å². The Balaban J connectivity index is 2.85. The quantitative estimate of drug-likeness (QED) is 0.409. The molecule has 0 radical (unpaired) electrons. The second kappa shape index (κ2) is 7.47. The number of rotatable bonds is 6. The molecule has 0 heterocycles. The van der Waals surface area contributed by atoms with E-state index in [0.29, 0.717) is 5.02 Å². The molecule has 1 aromatic rings. The Labute approximate surface area is 141 Å². The molecule has 0 saturated carbocycles. The van der Waals surface area contributed by atoms with Gasteiger partial charge >= 0.3 is 5.97 Å². The standard InChI is InChI=1S/C14H15BrCl2O4/c1-4-20-13(19)14(2,3)11(18)12(15)21-10-6-5-8(16)7-9(10)17/h5-7,12H,4H2,1-3H3. The first kappa shape index (κ1) is 18.3. The Morgan fingerprint density at radius 2 is 1.95 bits per heavy atom. The van der Waals surface area contributed by atoms with Gasteiger partial charge in [0.05, 0.1) is 11.6 Å². The Morgan fingerprint density at radius 1 is 1.33 bits per heavy atom. The third-order valence-corrected chi connectivity index (χ3v) is 3.87. The van der Waals surface area contributed by atoms with Gasteiger partial charge in [0.2, 0.25) is 10.8 Å². The molecule has 21 heavy (non-hydrogen) atoms. The van der Waals surface area contributed by atoms with Crippen molar-refractivity contribution in [1.82, 2.24) is 0 Å². The van der Waals surface area contributed by atoms with Crippen LogP contribution in [0.2, 0.25) is 10.0 Å². The van der Waals surface area contributed by atoms with E-state index in [1.165, 1.54) is 19.9 Å². The maximum absolute atomic E-state index is 12.3. The summed E-state index contributed by atoms with van der Waals surface area (Å²) in [4.78, 5) is 24.1. The number of alkyl halides is 1. The van der Waals surface area contributed by atoms with Crippen LogP contribution < -0.4 is 4.74 Å². The van der Waals surface area contributed by atoms with Crippen LogP contribution in [0.15, 0.2) is 18.2 Å². The average Bonchev–Trinajstić information content (AvgIpc) is 2.41. The lowest BCUT2D eigenvalue weighted by Crippen LogP contribution is -2.41. The summed E-state index contributed by atoms with van der Waals surface area (Å²) < 4.78 is 10.3. The van der Waals surface area contributed by atoms with E-state index < -0.39 is 22.2 Å². The third kappa shape index (κ3) is 4.59. The SMILES string of the molecule is CCOC(=O)C(C)(C)C(=O)C(Br)Oc1ccc(Cl)cc1Cl. The molecule has 116 valence electrons. The lowest BCUT2D eigenvalue weighted by Gasteiger charge is -2.24. The molecule has 0 N–H and O–H groups in total. The third-order valence-electron chi connectivity index (χ3n) is 2.73. The van der Waals surface area contributed by atoms with E-state index in [1.807, 2.05) is 0 Å². The number of ketones is 1. The summed E-state index contributed by atoms with van der Waals surface area (Å²) in [7, 11) is 0. The molecule has 1 aromatic carbocycles. The fraction of sp³-hybridized carbons (Fsp3) is 0.429. The molecule has 0 fully saturated rings. The molecule has 0 bridgehead atoms. The highest BCUT2D eigenvalue weighted by molar-refractivity contribution is 9.09. The van der Waals surface area contributed by atoms with Crippen molar-refractivity contribution in [3.05, 3.63) is 28.2 Å². The topological polar surface area (TPSA) is 52.6 Å². The van der Waals surface area contributed by atoms with Crippen LogP contribution in [-0.4, -0.2) is 23.4 Å². The van der Waals surface area contributed by atoms with E-state index in [9.17, 15) is 9.59 Å². The first-order valence-electron chi connectivity index (χ1n) is 6.17. The molecule has 1 unspecified atom stereocenters. The van der Waals surface area contributed by atoms with Crippen LogP contribution in [0.3, 0.4) is 0 Å². The van der Waals surface area contributed by atoms with Gasteiger partial charge in [-0.05, 0) is 54.9 Å². The van der Waals surface area contributed by atoms with Gasteiger partial charge in [0.1, 0.15) is 11.2 Å². The van der Waals surface area contributed by atoms with E-state index in [0.717, 1.165) is 0 Å². The number of hydrogen-bond acceptors (Lipinski definition) is 4. The van der Waals surface area contributed by atoms with Gasteiger partial charge in [0.25, 0.3) is 0 Å². The first-order chi connectivity index (χ1) is 9.70. The number of Topliss-reactive ketones (excluding diaryl/α,β-unsaturated/α-hetero) is 1. The summed E-state index contributed by atoms with van der Waals surface area (Å²) in [5.74, 6) is -0.784. The molecule has 4 nitrogen and oxygen atoms in total. The Morgan fingerprint density at radius 3 is 2.48 bits per heavy atom. The zero-order valence-corrected chi connectivity index (χ0v) is 14.9. The van der Waals surface area contributed by atoms with E-state index >= 15 is 0 Å². The molecule has 0 aliphatic carbocycles. The number of esters is 1. The Hall–Kier alpha value is -0.780. The predicted octanol–water partition coefficient (Wildman–Crippen LogP) is 4.25. The molecule has 0 saturated heterocycles. The van der Waals surface area contributed by atoms with Crippen molar-refractivity contribution < 1.29 is 19.1 Å². The lowest BCUT2D eigenvalue weighted by molar-refractivity contribution is -0.158. The summed E-state index contributed by atoms with van der Waals surface area (Å²) in [6.45, 7) is 4.84. The number of hydrogen-bond donors (Lipinski definition) is 0. The zero-order valence-electron chi connectivity index (χ0n) is 11.8. The van der Waals surface area contributed by atoms with Crippen molar-refractivity contribution in [2.75, 3.05) is 6.61 Å². The monoisotopic (exact) mass is 396 g/mol. The van der Waals surface area contributed by atoms with Crippen molar-refractivity contribution in [2.24, 2.45) is 5.41 Å². The highest BCUT2D eigenvalue weighted by atomic mass is 79.9. The van der Waals surface area contributed by atoms with Crippen molar-refractivity contribution >= 4 is 50.9 Å². The van der Waals surface area contributed by atoms with E-state index in [4.69, 9.17) is 32.7 Å². The Bertz CT molecular complexity index is 546. The molecule has 0 aliphatic heterocycles. The molecule has 0 spiro atoms. The molecule has 0 aliphatic rings. The van der Waals surface area contributed by atoms with E-state index in [1.54, 1.807) is 19.1 Å². The van der Waals surface area contributed by atoms with Gasteiger partial charge in [0, 0.05) is 5.02 Å². The number of ether oxygens (including phenoxy) is 2. The van der Waals surface area contributed by atoms with Crippen LogP contribution >= 0.6 is 39.1 Å². The minimum absolute atomic E-state index is 0.201. The van der Waals surface area contributed by atoms with Gasteiger partial charge in [0.15, 0.2) is 0 Å². The van der Waals surface area contributed by atoms with Gasteiger partial charge in [-0.25, -0.2) is 0 Å². The second-order valence-electron chi connectivity index (χ2n) is 4.72. The van der Waals surface area contributed by atoms with Crippen molar-refractivity contribution in [3.8, 4) is 5.75 Å². The summed E-state index contributed by atoms with van der Waals surface area (Å²) in [5, 5.41) is -0.305. The maximum atomic E-state index is 12.3. The number of carbonyl (C=O) groups excluding carboxylic acids is 2. The van der Waals surface area contributed by atoms with Crippen LogP contribution in [0.4, 0.5) is 0 Å². The van der Waals surface area contributed by atoms with Crippen molar-refractivity contribution in [2.45, 2.75) is 25.8 Å². The summed E-state index contributed by atoms with van der Waals surface area (Å²) >= 11 is 14.9. The average molecular weight is 398 g/mol. The normalized spacial score (nSPS) is 12.7. The minimum atomic E-state index is -1.33. The number of carbonyl (C=O) groups is 2. The van der Waals surface area contributed by atoms with Gasteiger partial charge in [-0.3, -0.25) is 9.59 Å². The van der Waals surface area contributed by atoms with Gasteiger partial charge in [-0.1, -0.05) is 23.2 Å². The molecule has 7 heteroatoms. The second-order valence-corrected chi connectivity index (χ2v) is 6.39. The van der Waals surface area contributed by atoms with E-state index in [2.05, 4.69) is 15.9 Å². The summed E-state index contributed by atoms with van der Waals surface area (Å²) in [6.07, 6.45) is 0. The summed E-state index contributed by atoms with van der Waals surface area (Å²) in [6, 6.07) is 4.63. The Kier molecular flexibility index (Phi) is 6.50. The van der Waals surface area contributed by atoms with Crippen molar-refractivity contribution in [3.63, 3.8) is 0 Å². The largest absolute Gasteiger partial charge is 0.470 e. The zero-order chi connectivity index (χ0) is 16.2.